The van der Waals surface area contributed by atoms with Crippen LogP contribution in [0.15, 0.2) is 59.6 Å². The SMILES string of the molecule is COCCN1C(=O)[C@@H](CC(=O)Nc2ccccc2C)SC1=Nc1ccccc1. The molecule has 0 spiro atoms. The molecule has 2 amide bonds. The molecule has 1 fully saturated rings. The number of nitrogens with one attached hydrogen (secondary N) is 1. The van der Waals surface area contributed by atoms with Gasteiger partial charge in [0, 0.05) is 19.2 Å². The number of thioether (sulfide) groups is 1. The van der Waals surface area contributed by atoms with Crippen LogP contribution in [0.5, 0.6) is 0 Å². The van der Waals surface area contributed by atoms with Gasteiger partial charge >= 0.3 is 0 Å². The number of amides is 2. The fourth-order valence-corrected chi connectivity index (χ4v) is 3.99. The van der Waals surface area contributed by atoms with Crippen molar-refractivity contribution in [2.45, 2.75) is 18.6 Å². The highest BCUT2D eigenvalue weighted by atomic mass is 32.2. The number of rotatable bonds is 7. The van der Waals surface area contributed by atoms with Crippen molar-refractivity contribution in [1.82, 2.24) is 4.90 Å². The molecule has 1 saturated heterocycles. The van der Waals surface area contributed by atoms with Crippen LogP contribution in [-0.2, 0) is 14.3 Å². The topological polar surface area (TPSA) is 71.0 Å². The zero-order valence-corrected chi connectivity index (χ0v) is 16.7. The van der Waals surface area contributed by atoms with Gasteiger partial charge in [-0.15, -0.1) is 0 Å². The minimum Gasteiger partial charge on any atom is -0.383 e. The number of carbonyl (C=O) groups is 2. The van der Waals surface area contributed by atoms with Gasteiger partial charge in [-0.2, -0.15) is 0 Å². The third-order valence-corrected chi connectivity index (χ3v) is 5.49. The first-order chi connectivity index (χ1) is 13.6. The molecule has 146 valence electrons. The van der Waals surface area contributed by atoms with Crippen molar-refractivity contribution in [3.8, 4) is 0 Å². The minimum atomic E-state index is -0.497. The van der Waals surface area contributed by atoms with Gasteiger partial charge in [-0.25, -0.2) is 4.99 Å². The number of para-hydroxylation sites is 2. The van der Waals surface area contributed by atoms with Crippen LogP contribution in [0.1, 0.15) is 12.0 Å². The van der Waals surface area contributed by atoms with E-state index in [2.05, 4.69) is 10.3 Å². The summed E-state index contributed by atoms with van der Waals surface area (Å²) < 4.78 is 5.12. The average Bonchev–Trinajstić information content (AvgIpc) is 2.97. The fourth-order valence-electron chi connectivity index (χ4n) is 2.81. The lowest BCUT2D eigenvalue weighted by molar-refractivity contribution is -0.128. The molecule has 1 aliphatic rings. The predicted octanol–water partition coefficient (Wildman–Crippen LogP) is 3.60. The molecule has 0 saturated carbocycles. The van der Waals surface area contributed by atoms with Crippen LogP contribution in [-0.4, -0.2) is 47.4 Å². The zero-order valence-electron chi connectivity index (χ0n) is 15.9. The highest BCUT2D eigenvalue weighted by Gasteiger charge is 2.39. The van der Waals surface area contributed by atoms with Crippen molar-refractivity contribution in [1.29, 1.82) is 0 Å². The number of amidine groups is 1. The lowest BCUT2D eigenvalue weighted by atomic mass is 10.2. The van der Waals surface area contributed by atoms with E-state index in [0.717, 1.165) is 16.9 Å². The van der Waals surface area contributed by atoms with E-state index in [9.17, 15) is 9.59 Å². The van der Waals surface area contributed by atoms with Crippen LogP contribution >= 0.6 is 11.8 Å². The Labute approximate surface area is 169 Å². The summed E-state index contributed by atoms with van der Waals surface area (Å²) >= 11 is 1.33. The highest BCUT2D eigenvalue weighted by molar-refractivity contribution is 8.15. The number of ether oxygens (including phenoxy) is 1. The number of aryl methyl sites for hydroxylation is 1. The molecule has 0 radical (unpaired) electrons. The molecule has 1 N–H and O–H groups in total. The molecule has 6 nitrogen and oxygen atoms in total. The van der Waals surface area contributed by atoms with Crippen LogP contribution in [0.3, 0.4) is 0 Å². The van der Waals surface area contributed by atoms with E-state index in [1.54, 1.807) is 12.0 Å². The number of hydrogen-bond acceptors (Lipinski definition) is 5. The third kappa shape index (κ3) is 4.99. The second kappa shape index (κ2) is 9.52. The van der Waals surface area contributed by atoms with Gasteiger partial charge in [0.15, 0.2) is 5.17 Å². The smallest absolute Gasteiger partial charge is 0.242 e. The molecule has 0 aliphatic carbocycles. The first-order valence-electron chi connectivity index (χ1n) is 9.04. The molecule has 2 aromatic rings. The molecular weight excluding hydrogens is 374 g/mol. The van der Waals surface area contributed by atoms with Crippen molar-refractivity contribution in [2.24, 2.45) is 4.99 Å². The van der Waals surface area contributed by atoms with Crippen LogP contribution in [0.4, 0.5) is 11.4 Å². The largest absolute Gasteiger partial charge is 0.383 e. The van der Waals surface area contributed by atoms with Gasteiger partial charge in [0.05, 0.1) is 18.8 Å². The Kier molecular flexibility index (Phi) is 6.84. The Hall–Kier alpha value is -2.64. The van der Waals surface area contributed by atoms with E-state index in [1.165, 1.54) is 11.8 Å². The Balaban J connectivity index is 1.73. The van der Waals surface area contributed by atoms with Crippen molar-refractivity contribution in [3.63, 3.8) is 0 Å². The lowest BCUT2D eigenvalue weighted by Crippen LogP contribution is -2.35. The summed E-state index contributed by atoms with van der Waals surface area (Å²) in [6, 6.07) is 17.0. The van der Waals surface area contributed by atoms with Crippen LogP contribution < -0.4 is 5.32 Å². The van der Waals surface area contributed by atoms with E-state index >= 15 is 0 Å². The summed E-state index contributed by atoms with van der Waals surface area (Å²) in [5, 5.41) is 2.99. The van der Waals surface area contributed by atoms with Crippen molar-refractivity contribution in [2.75, 3.05) is 25.6 Å². The molecule has 28 heavy (non-hydrogen) atoms. The molecule has 1 aliphatic heterocycles. The summed E-state index contributed by atoms with van der Waals surface area (Å²) in [7, 11) is 1.59. The van der Waals surface area contributed by atoms with E-state index < -0.39 is 5.25 Å². The maximum atomic E-state index is 12.9. The summed E-state index contributed by atoms with van der Waals surface area (Å²) in [5.74, 6) is -0.301. The van der Waals surface area contributed by atoms with E-state index in [1.807, 2.05) is 61.5 Å². The number of methoxy groups -OCH3 is 1. The minimum absolute atomic E-state index is 0.0924. The average molecular weight is 398 g/mol. The summed E-state index contributed by atoms with van der Waals surface area (Å²) in [6.07, 6.45) is 0.0924. The van der Waals surface area contributed by atoms with Gasteiger partial charge in [0.25, 0.3) is 0 Å². The van der Waals surface area contributed by atoms with Gasteiger partial charge in [-0.05, 0) is 30.7 Å². The molecule has 1 atom stereocenters. The second-order valence-electron chi connectivity index (χ2n) is 6.39. The number of carbonyl (C=O) groups excluding carboxylic acids is 2. The molecule has 2 aromatic carbocycles. The summed E-state index contributed by atoms with van der Waals surface area (Å²) in [6.45, 7) is 2.74. The number of hydrogen-bond donors (Lipinski definition) is 1. The Morgan fingerprint density at radius 1 is 1.18 bits per heavy atom. The number of nitrogens with zero attached hydrogens (tertiary/aromatic N) is 2. The maximum absolute atomic E-state index is 12.9. The van der Waals surface area contributed by atoms with Gasteiger partial charge < -0.3 is 10.1 Å². The molecular formula is C21H23N3O3S. The number of aliphatic imine (C=N–C) groups is 1. The zero-order chi connectivity index (χ0) is 19.9. The summed E-state index contributed by atoms with van der Waals surface area (Å²) in [4.78, 5) is 31.5. The Morgan fingerprint density at radius 2 is 1.89 bits per heavy atom. The fraction of sp³-hybridized carbons (Fsp3) is 0.286. The Bertz CT molecular complexity index is 870. The van der Waals surface area contributed by atoms with Crippen molar-refractivity contribution < 1.29 is 14.3 Å². The van der Waals surface area contributed by atoms with E-state index in [-0.39, 0.29) is 18.2 Å². The molecule has 1 heterocycles. The first-order valence-corrected chi connectivity index (χ1v) is 9.92. The van der Waals surface area contributed by atoms with Gasteiger partial charge in [-0.3, -0.25) is 14.5 Å². The van der Waals surface area contributed by atoms with Gasteiger partial charge in [-0.1, -0.05) is 48.2 Å². The third-order valence-electron chi connectivity index (χ3n) is 4.31. The molecule has 7 heteroatoms. The van der Waals surface area contributed by atoms with Gasteiger partial charge in [0.2, 0.25) is 11.8 Å². The van der Waals surface area contributed by atoms with E-state index in [0.29, 0.717) is 18.3 Å². The van der Waals surface area contributed by atoms with Crippen LogP contribution in [0.2, 0.25) is 0 Å². The normalized spacial score (nSPS) is 17.9. The quantitative estimate of drug-likeness (QED) is 0.775. The first kappa shape index (κ1) is 20.1. The van der Waals surface area contributed by atoms with Crippen LogP contribution in [0, 0.1) is 6.92 Å². The molecule has 0 bridgehead atoms. The van der Waals surface area contributed by atoms with Crippen molar-refractivity contribution in [3.05, 3.63) is 60.2 Å². The maximum Gasteiger partial charge on any atom is 0.242 e. The standard InChI is InChI=1S/C21H23N3O3S/c1-15-8-6-7-11-17(15)23-19(25)14-18-20(26)24(12-13-27-2)21(28-18)22-16-9-4-3-5-10-16/h3-11,18H,12-14H2,1-2H3,(H,23,25)/t18-/m1/s1. The summed E-state index contributed by atoms with van der Waals surface area (Å²) in [5.41, 5.74) is 2.51. The van der Waals surface area contributed by atoms with Crippen LogP contribution in [0.25, 0.3) is 0 Å². The second-order valence-corrected chi connectivity index (χ2v) is 7.56. The highest BCUT2D eigenvalue weighted by Crippen LogP contribution is 2.31. The Morgan fingerprint density at radius 3 is 2.61 bits per heavy atom. The lowest BCUT2D eigenvalue weighted by Gasteiger charge is -2.15. The molecule has 0 unspecified atom stereocenters. The number of benzene rings is 2. The van der Waals surface area contributed by atoms with Crippen molar-refractivity contribution >= 4 is 40.1 Å². The van der Waals surface area contributed by atoms with E-state index in [4.69, 9.17) is 4.74 Å². The number of anilines is 1. The predicted molar refractivity (Wildman–Crippen MR) is 113 cm³/mol. The molecule has 3 rings (SSSR count). The monoisotopic (exact) mass is 397 g/mol. The van der Waals surface area contributed by atoms with Gasteiger partial charge in [0.1, 0.15) is 5.25 Å². The molecule has 0 aromatic heterocycles.